The van der Waals surface area contributed by atoms with Crippen LogP contribution in [0.2, 0.25) is 0 Å². The highest BCUT2D eigenvalue weighted by atomic mass is 19.4. The highest BCUT2D eigenvalue weighted by Gasteiger charge is 2.43. The van der Waals surface area contributed by atoms with Gasteiger partial charge in [-0.25, -0.2) is 0 Å². The van der Waals surface area contributed by atoms with E-state index in [1.807, 2.05) is 0 Å². The summed E-state index contributed by atoms with van der Waals surface area (Å²) in [5.74, 6) is -1.03. The molecule has 33 heavy (non-hydrogen) atoms. The first kappa shape index (κ1) is 22.4. The fourth-order valence-corrected chi connectivity index (χ4v) is 3.36. The molecule has 0 unspecified atom stereocenters. The second-order valence-electron chi connectivity index (χ2n) is 6.90. The van der Waals surface area contributed by atoms with Crippen molar-refractivity contribution in [2.24, 2.45) is 7.05 Å². The molecule has 1 N–H and O–H groups in total. The molecule has 0 aliphatic carbocycles. The molecule has 13 heteroatoms. The van der Waals surface area contributed by atoms with Gasteiger partial charge < -0.3 is 14.8 Å². The number of nitrogens with one attached hydrogen (secondary N) is 1. The minimum absolute atomic E-state index is 0.0440. The van der Waals surface area contributed by atoms with Gasteiger partial charge in [0.05, 0.1) is 0 Å². The standard InChI is InChI=1S/C20H14F6N4O3/c1-30-16(18(31)28-10-5-6-27-13(9-10)19(21,22)23)14(20(24,25)26)15(29-30)11-3-2-4-12-17(11)33-8-7-32-12/h2-6,9H,7-8H2,1H3,(H,27,28,31). The van der Waals surface area contributed by atoms with Gasteiger partial charge >= 0.3 is 12.4 Å². The zero-order chi connectivity index (χ0) is 24.0. The van der Waals surface area contributed by atoms with Crippen LogP contribution in [0.25, 0.3) is 11.3 Å². The summed E-state index contributed by atoms with van der Waals surface area (Å²) in [6.45, 7) is 0.319. The Morgan fingerprint density at radius 2 is 1.79 bits per heavy atom. The molecule has 174 valence electrons. The second kappa shape index (κ2) is 7.98. The van der Waals surface area contributed by atoms with Crippen LogP contribution in [0.4, 0.5) is 32.0 Å². The number of ether oxygens (including phenoxy) is 2. The monoisotopic (exact) mass is 472 g/mol. The molecule has 4 rings (SSSR count). The molecule has 0 atom stereocenters. The smallest absolute Gasteiger partial charge is 0.433 e. The van der Waals surface area contributed by atoms with Crippen LogP contribution in [-0.4, -0.2) is 33.9 Å². The van der Waals surface area contributed by atoms with Gasteiger partial charge in [-0.15, -0.1) is 0 Å². The quantitative estimate of drug-likeness (QED) is 0.567. The average molecular weight is 472 g/mol. The van der Waals surface area contributed by atoms with Crippen molar-refractivity contribution in [3.05, 3.63) is 53.5 Å². The summed E-state index contributed by atoms with van der Waals surface area (Å²) in [5, 5.41) is 5.94. The predicted molar refractivity (Wildman–Crippen MR) is 102 cm³/mol. The van der Waals surface area contributed by atoms with Crippen LogP contribution in [0, 0.1) is 0 Å². The third-order valence-electron chi connectivity index (χ3n) is 4.68. The molecule has 1 aliphatic rings. The lowest BCUT2D eigenvalue weighted by Gasteiger charge is -2.21. The van der Waals surface area contributed by atoms with Gasteiger partial charge in [0.2, 0.25) is 0 Å². The third kappa shape index (κ3) is 4.30. The Hall–Kier alpha value is -3.77. The molecule has 3 heterocycles. The maximum Gasteiger partial charge on any atom is 0.433 e. The Labute approximate surface area is 181 Å². The highest BCUT2D eigenvalue weighted by molar-refractivity contribution is 6.05. The summed E-state index contributed by atoms with van der Waals surface area (Å²) < 4.78 is 92.5. The Kier molecular flexibility index (Phi) is 5.42. The summed E-state index contributed by atoms with van der Waals surface area (Å²) in [6, 6.07) is 5.85. The van der Waals surface area contributed by atoms with Crippen LogP contribution in [0.3, 0.4) is 0 Å². The molecule has 0 fully saturated rings. The number of fused-ring (bicyclic) bond motifs is 1. The van der Waals surface area contributed by atoms with Crippen molar-refractivity contribution in [1.29, 1.82) is 0 Å². The van der Waals surface area contributed by atoms with Crippen LogP contribution in [0.1, 0.15) is 21.7 Å². The van der Waals surface area contributed by atoms with E-state index < -0.39 is 40.9 Å². The van der Waals surface area contributed by atoms with E-state index in [1.165, 1.54) is 18.2 Å². The van der Waals surface area contributed by atoms with E-state index in [9.17, 15) is 31.1 Å². The fraction of sp³-hybridized carbons (Fsp3) is 0.250. The van der Waals surface area contributed by atoms with E-state index in [-0.39, 0.29) is 36.0 Å². The van der Waals surface area contributed by atoms with Gasteiger partial charge in [-0.05, 0) is 24.3 Å². The number of carbonyl (C=O) groups is 1. The van der Waals surface area contributed by atoms with E-state index >= 15 is 0 Å². The first-order valence-electron chi connectivity index (χ1n) is 9.34. The lowest BCUT2D eigenvalue weighted by atomic mass is 10.0. The van der Waals surface area contributed by atoms with Crippen molar-refractivity contribution in [3.8, 4) is 22.8 Å². The zero-order valence-corrected chi connectivity index (χ0v) is 16.7. The molecule has 2 aromatic heterocycles. The van der Waals surface area contributed by atoms with Crippen molar-refractivity contribution in [3.63, 3.8) is 0 Å². The van der Waals surface area contributed by atoms with E-state index in [4.69, 9.17) is 9.47 Å². The number of pyridine rings is 1. The molecular weight excluding hydrogens is 458 g/mol. The number of nitrogens with zero attached hydrogens (tertiary/aromatic N) is 3. The molecule has 0 saturated heterocycles. The van der Waals surface area contributed by atoms with Crippen LogP contribution in [-0.2, 0) is 19.4 Å². The van der Waals surface area contributed by atoms with Crippen molar-refractivity contribution in [1.82, 2.24) is 14.8 Å². The van der Waals surface area contributed by atoms with Gasteiger partial charge in [0.15, 0.2) is 11.5 Å². The molecule has 1 amide bonds. The summed E-state index contributed by atoms with van der Waals surface area (Å²) in [4.78, 5) is 15.9. The number of para-hydroxylation sites is 1. The number of amides is 1. The number of aryl methyl sites for hydroxylation is 1. The van der Waals surface area contributed by atoms with Crippen LogP contribution in [0.15, 0.2) is 36.5 Å². The Balaban J connectivity index is 1.80. The molecule has 1 aliphatic heterocycles. The number of alkyl halides is 6. The van der Waals surface area contributed by atoms with Crippen molar-refractivity contribution >= 4 is 11.6 Å². The lowest BCUT2D eigenvalue weighted by Crippen LogP contribution is -2.21. The first-order valence-corrected chi connectivity index (χ1v) is 9.34. The molecule has 0 spiro atoms. The Morgan fingerprint density at radius 1 is 1.06 bits per heavy atom. The zero-order valence-electron chi connectivity index (χ0n) is 16.7. The number of halogens is 6. The Morgan fingerprint density at radius 3 is 2.48 bits per heavy atom. The maximum absolute atomic E-state index is 14.1. The van der Waals surface area contributed by atoms with Crippen LogP contribution < -0.4 is 14.8 Å². The van der Waals surface area contributed by atoms with Gasteiger partial charge in [0.25, 0.3) is 5.91 Å². The van der Waals surface area contributed by atoms with Crippen LogP contribution in [0.5, 0.6) is 11.5 Å². The molecule has 0 saturated carbocycles. The minimum atomic E-state index is -5.02. The van der Waals surface area contributed by atoms with Crippen LogP contribution >= 0.6 is 0 Å². The number of rotatable bonds is 3. The molecular formula is C20H14F6N4O3. The summed E-state index contributed by atoms with van der Waals surface area (Å²) >= 11 is 0. The van der Waals surface area contributed by atoms with Crippen molar-refractivity contribution in [2.45, 2.75) is 12.4 Å². The number of carbonyl (C=O) groups excluding carboxylic acids is 1. The number of hydrogen-bond acceptors (Lipinski definition) is 5. The highest BCUT2D eigenvalue weighted by Crippen LogP contribution is 2.45. The minimum Gasteiger partial charge on any atom is -0.486 e. The normalized spacial score (nSPS) is 13.7. The van der Waals surface area contributed by atoms with E-state index in [2.05, 4.69) is 15.4 Å². The molecule has 0 radical (unpaired) electrons. The van der Waals surface area contributed by atoms with Gasteiger partial charge in [0, 0.05) is 24.5 Å². The lowest BCUT2D eigenvalue weighted by molar-refractivity contribution is -0.141. The molecule has 1 aromatic carbocycles. The summed E-state index contributed by atoms with van der Waals surface area (Å²) in [5.41, 5.74) is -4.57. The second-order valence-corrected chi connectivity index (χ2v) is 6.90. The van der Waals surface area contributed by atoms with Gasteiger partial charge in [0.1, 0.15) is 35.9 Å². The Bertz CT molecular complexity index is 1220. The first-order chi connectivity index (χ1) is 15.5. The predicted octanol–water partition coefficient (Wildman–Crippen LogP) is 4.54. The van der Waals surface area contributed by atoms with E-state index in [1.54, 1.807) is 0 Å². The summed E-state index contributed by atoms with van der Waals surface area (Å²) in [7, 11) is 1.12. The van der Waals surface area contributed by atoms with E-state index in [0.29, 0.717) is 10.7 Å². The van der Waals surface area contributed by atoms with E-state index in [0.717, 1.165) is 19.3 Å². The molecule has 0 bridgehead atoms. The van der Waals surface area contributed by atoms with Gasteiger partial charge in [-0.1, -0.05) is 6.07 Å². The fourth-order valence-electron chi connectivity index (χ4n) is 3.36. The number of benzene rings is 1. The summed E-state index contributed by atoms with van der Waals surface area (Å²) in [6.07, 6.45) is -9.04. The molecule has 7 nitrogen and oxygen atoms in total. The maximum atomic E-state index is 14.1. The SMILES string of the molecule is Cn1nc(-c2cccc3c2OCCO3)c(C(F)(F)F)c1C(=O)Nc1ccnc(C(F)(F)F)c1. The molecule has 3 aromatic rings. The number of aromatic nitrogens is 3. The third-order valence-corrected chi connectivity index (χ3v) is 4.68. The average Bonchev–Trinajstić information content (AvgIpc) is 3.10. The van der Waals surface area contributed by atoms with Gasteiger partial charge in [-0.3, -0.25) is 14.5 Å². The van der Waals surface area contributed by atoms with Crippen molar-refractivity contribution in [2.75, 3.05) is 18.5 Å². The number of anilines is 1. The number of hydrogen-bond donors (Lipinski definition) is 1. The topological polar surface area (TPSA) is 78.3 Å². The largest absolute Gasteiger partial charge is 0.486 e. The van der Waals surface area contributed by atoms with Gasteiger partial charge in [-0.2, -0.15) is 31.4 Å². The van der Waals surface area contributed by atoms with Crippen molar-refractivity contribution < 1.29 is 40.6 Å².